The molecular formula is C16H24N2OS. The van der Waals surface area contributed by atoms with Crippen molar-refractivity contribution >= 4 is 17.7 Å². The van der Waals surface area contributed by atoms with Gasteiger partial charge in [0.15, 0.2) is 0 Å². The second kappa shape index (κ2) is 7.14. The average Bonchev–Trinajstić information content (AvgIpc) is 2.86. The summed E-state index contributed by atoms with van der Waals surface area (Å²) in [6.07, 6.45) is 1.07. The molecule has 2 unspecified atom stereocenters. The van der Waals surface area contributed by atoms with Crippen LogP contribution in [0.2, 0.25) is 0 Å². The monoisotopic (exact) mass is 292 g/mol. The van der Waals surface area contributed by atoms with Crippen molar-refractivity contribution < 1.29 is 4.79 Å². The van der Waals surface area contributed by atoms with Gasteiger partial charge in [0.2, 0.25) is 5.91 Å². The third-order valence-electron chi connectivity index (χ3n) is 3.75. The van der Waals surface area contributed by atoms with E-state index in [1.165, 1.54) is 11.1 Å². The van der Waals surface area contributed by atoms with E-state index in [1.54, 1.807) is 0 Å². The van der Waals surface area contributed by atoms with Gasteiger partial charge in [-0.05, 0) is 30.2 Å². The summed E-state index contributed by atoms with van der Waals surface area (Å²) < 4.78 is 0. The SMILES string of the molecule is CCSCC(C)N1C(=O)CNC1c1ccc(CC)cc1. The highest BCUT2D eigenvalue weighted by molar-refractivity contribution is 7.99. The maximum absolute atomic E-state index is 12.1. The number of nitrogens with zero attached hydrogens (tertiary/aromatic N) is 1. The predicted molar refractivity (Wildman–Crippen MR) is 85.9 cm³/mol. The lowest BCUT2D eigenvalue weighted by molar-refractivity contribution is -0.129. The van der Waals surface area contributed by atoms with Crippen LogP contribution in [-0.4, -0.2) is 34.9 Å². The van der Waals surface area contributed by atoms with Crippen LogP contribution in [0.15, 0.2) is 24.3 Å². The van der Waals surface area contributed by atoms with Gasteiger partial charge in [-0.15, -0.1) is 0 Å². The number of nitrogens with one attached hydrogen (secondary N) is 1. The summed E-state index contributed by atoms with van der Waals surface area (Å²) in [5, 5.41) is 3.33. The van der Waals surface area contributed by atoms with Crippen LogP contribution in [0, 0.1) is 0 Å². The summed E-state index contributed by atoms with van der Waals surface area (Å²) >= 11 is 1.89. The number of amides is 1. The molecule has 2 atom stereocenters. The zero-order chi connectivity index (χ0) is 14.5. The third-order valence-corrected chi connectivity index (χ3v) is 4.88. The summed E-state index contributed by atoms with van der Waals surface area (Å²) in [7, 11) is 0. The minimum absolute atomic E-state index is 0.0286. The smallest absolute Gasteiger partial charge is 0.238 e. The first-order valence-electron chi connectivity index (χ1n) is 7.38. The van der Waals surface area contributed by atoms with Crippen molar-refractivity contribution in [1.29, 1.82) is 0 Å². The van der Waals surface area contributed by atoms with E-state index in [9.17, 15) is 4.79 Å². The highest BCUT2D eigenvalue weighted by Crippen LogP contribution is 2.26. The number of hydrogen-bond acceptors (Lipinski definition) is 3. The highest BCUT2D eigenvalue weighted by atomic mass is 32.2. The topological polar surface area (TPSA) is 32.3 Å². The third kappa shape index (κ3) is 3.36. The summed E-state index contributed by atoms with van der Waals surface area (Å²) in [6, 6.07) is 8.86. The molecule has 1 aromatic rings. The van der Waals surface area contributed by atoms with Crippen LogP contribution in [-0.2, 0) is 11.2 Å². The molecule has 1 fully saturated rings. The standard InChI is InChI=1S/C16H24N2OS/c1-4-13-6-8-14(9-7-13)16-17-10-15(19)18(16)12(3)11-20-5-2/h6-9,12,16-17H,4-5,10-11H2,1-3H3. The Bertz CT molecular complexity index is 446. The maximum Gasteiger partial charge on any atom is 0.238 e. The molecule has 0 bridgehead atoms. The Balaban J connectivity index is 2.13. The number of rotatable bonds is 6. The Kier molecular flexibility index (Phi) is 5.49. The van der Waals surface area contributed by atoms with Gasteiger partial charge >= 0.3 is 0 Å². The van der Waals surface area contributed by atoms with Crippen molar-refractivity contribution in [3.63, 3.8) is 0 Å². The lowest BCUT2D eigenvalue weighted by Crippen LogP contribution is -2.39. The van der Waals surface area contributed by atoms with Gasteiger partial charge in [0.25, 0.3) is 0 Å². The van der Waals surface area contributed by atoms with Crippen LogP contribution in [0.1, 0.15) is 38.1 Å². The number of aryl methyl sites for hydroxylation is 1. The van der Waals surface area contributed by atoms with Crippen molar-refractivity contribution in [2.24, 2.45) is 0 Å². The largest absolute Gasteiger partial charge is 0.318 e. The lowest BCUT2D eigenvalue weighted by Gasteiger charge is -2.30. The second-order valence-corrected chi connectivity index (χ2v) is 6.51. The van der Waals surface area contributed by atoms with Gasteiger partial charge in [-0.2, -0.15) is 11.8 Å². The first-order chi connectivity index (χ1) is 9.67. The van der Waals surface area contributed by atoms with E-state index in [1.807, 2.05) is 16.7 Å². The molecule has 0 aliphatic carbocycles. The van der Waals surface area contributed by atoms with Crippen molar-refractivity contribution in [3.05, 3.63) is 35.4 Å². The summed E-state index contributed by atoms with van der Waals surface area (Å²) in [4.78, 5) is 14.1. The first kappa shape index (κ1) is 15.4. The molecule has 1 aromatic carbocycles. The molecule has 1 amide bonds. The molecule has 4 heteroatoms. The number of benzene rings is 1. The molecule has 0 aromatic heterocycles. The lowest BCUT2D eigenvalue weighted by atomic mass is 10.1. The normalized spacial score (nSPS) is 20.4. The molecule has 110 valence electrons. The Morgan fingerprint density at radius 3 is 2.65 bits per heavy atom. The van der Waals surface area contributed by atoms with Gasteiger partial charge in [0.1, 0.15) is 6.17 Å². The number of carbonyl (C=O) groups is 1. The molecule has 0 spiro atoms. The fourth-order valence-electron chi connectivity index (χ4n) is 2.60. The van der Waals surface area contributed by atoms with E-state index < -0.39 is 0 Å². The van der Waals surface area contributed by atoms with E-state index >= 15 is 0 Å². The Labute approximate surface area is 126 Å². The summed E-state index contributed by atoms with van der Waals surface area (Å²) in [5.41, 5.74) is 2.51. The van der Waals surface area contributed by atoms with Gasteiger partial charge in [-0.25, -0.2) is 0 Å². The Morgan fingerprint density at radius 1 is 1.35 bits per heavy atom. The van der Waals surface area contributed by atoms with Crippen LogP contribution in [0.25, 0.3) is 0 Å². The predicted octanol–water partition coefficient (Wildman–Crippen LogP) is 2.82. The van der Waals surface area contributed by atoms with Crippen LogP contribution >= 0.6 is 11.8 Å². The zero-order valence-electron chi connectivity index (χ0n) is 12.6. The van der Waals surface area contributed by atoms with E-state index in [0.29, 0.717) is 6.54 Å². The Hall–Kier alpha value is -1.00. The van der Waals surface area contributed by atoms with Gasteiger partial charge in [0, 0.05) is 11.8 Å². The van der Waals surface area contributed by atoms with Crippen molar-refractivity contribution in [1.82, 2.24) is 10.2 Å². The Morgan fingerprint density at radius 2 is 2.05 bits per heavy atom. The molecule has 20 heavy (non-hydrogen) atoms. The molecule has 1 aliphatic rings. The molecule has 1 heterocycles. The minimum Gasteiger partial charge on any atom is -0.318 e. The maximum atomic E-state index is 12.1. The quantitative estimate of drug-likeness (QED) is 0.875. The number of thioether (sulfide) groups is 1. The highest BCUT2D eigenvalue weighted by Gasteiger charge is 2.34. The fraction of sp³-hybridized carbons (Fsp3) is 0.562. The molecule has 1 N–H and O–H groups in total. The minimum atomic E-state index is 0.0286. The van der Waals surface area contributed by atoms with E-state index in [-0.39, 0.29) is 18.1 Å². The summed E-state index contributed by atoms with van der Waals surface area (Å²) in [5.74, 6) is 2.29. The van der Waals surface area contributed by atoms with E-state index in [0.717, 1.165) is 17.9 Å². The average molecular weight is 292 g/mol. The van der Waals surface area contributed by atoms with Crippen molar-refractivity contribution in [2.75, 3.05) is 18.1 Å². The van der Waals surface area contributed by atoms with Crippen molar-refractivity contribution in [2.45, 2.75) is 39.4 Å². The molecule has 0 saturated carbocycles. The van der Waals surface area contributed by atoms with Crippen LogP contribution < -0.4 is 5.32 Å². The van der Waals surface area contributed by atoms with Crippen LogP contribution in [0.4, 0.5) is 0 Å². The van der Waals surface area contributed by atoms with E-state index in [4.69, 9.17) is 0 Å². The van der Waals surface area contributed by atoms with Gasteiger partial charge in [-0.3, -0.25) is 10.1 Å². The van der Waals surface area contributed by atoms with Crippen LogP contribution in [0.5, 0.6) is 0 Å². The number of carbonyl (C=O) groups excluding carboxylic acids is 1. The molecular weight excluding hydrogens is 268 g/mol. The molecule has 2 rings (SSSR count). The van der Waals surface area contributed by atoms with E-state index in [2.05, 4.69) is 50.4 Å². The first-order valence-corrected chi connectivity index (χ1v) is 8.54. The molecule has 3 nitrogen and oxygen atoms in total. The van der Waals surface area contributed by atoms with Crippen LogP contribution in [0.3, 0.4) is 0 Å². The number of hydrogen-bond donors (Lipinski definition) is 1. The van der Waals surface area contributed by atoms with Crippen molar-refractivity contribution in [3.8, 4) is 0 Å². The summed E-state index contributed by atoms with van der Waals surface area (Å²) in [6.45, 7) is 6.90. The molecule has 1 saturated heterocycles. The fourth-order valence-corrected chi connectivity index (χ4v) is 3.34. The van der Waals surface area contributed by atoms with Gasteiger partial charge in [-0.1, -0.05) is 38.1 Å². The van der Waals surface area contributed by atoms with Gasteiger partial charge in [0.05, 0.1) is 6.54 Å². The molecule has 0 radical (unpaired) electrons. The molecule has 1 aliphatic heterocycles. The second-order valence-electron chi connectivity index (χ2n) is 5.19. The zero-order valence-corrected chi connectivity index (χ0v) is 13.4. The van der Waals surface area contributed by atoms with Gasteiger partial charge < -0.3 is 4.90 Å².